The van der Waals surface area contributed by atoms with E-state index in [9.17, 15) is 0 Å². The molecule has 82 valence electrons. The summed E-state index contributed by atoms with van der Waals surface area (Å²) in [7, 11) is 0. The largest absolute Gasteiger partial charge is 0.458 e. The Kier molecular flexibility index (Phi) is 10.4. The SMILES string of the molecule is CCCCCCC=COC(=S)CCC. The second kappa shape index (κ2) is 10.7. The van der Waals surface area contributed by atoms with Crippen LogP contribution in [0.1, 0.15) is 58.8 Å². The number of allylic oxidation sites excluding steroid dienone is 1. The Morgan fingerprint density at radius 1 is 1.14 bits per heavy atom. The first-order chi connectivity index (χ1) is 6.81. The molecule has 0 bridgehead atoms. The Bertz CT molecular complexity index is 164. The maximum atomic E-state index is 5.24. The zero-order valence-electron chi connectivity index (χ0n) is 9.42. The van der Waals surface area contributed by atoms with Gasteiger partial charge in [0.05, 0.1) is 6.26 Å². The van der Waals surface area contributed by atoms with Gasteiger partial charge in [0.1, 0.15) is 0 Å². The van der Waals surface area contributed by atoms with E-state index in [1.54, 1.807) is 6.26 Å². The molecule has 0 radical (unpaired) electrons. The van der Waals surface area contributed by atoms with Gasteiger partial charge in [-0.2, -0.15) is 0 Å². The lowest BCUT2D eigenvalue weighted by Crippen LogP contribution is -1.94. The van der Waals surface area contributed by atoms with Gasteiger partial charge in [0.15, 0.2) is 5.05 Å². The van der Waals surface area contributed by atoms with E-state index in [1.165, 1.54) is 25.7 Å². The van der Waals surface area contributed by atoms with Crippen LogP contribution in [-0.4, -0.2) is 5.05 Å². The highest BCUT2D eigenvalue weighted by Crippen LogP contribution is 2.03. The smallest absolute Gasteiger partial charge is 0.166 e. The van der Waals surface area contributed by atoms with E-state index in [2.05, 4.69) is 19.9 Å². The highest BCUT2D eigenvalue weighted by molar-refractivity contribution is 7.80. The molecule has 0 aliphatic heterocycles. The minimum atomic E-state index is 0.706. The molecule has 0 aromatic rings. The number of hydrogen-bond acceptors (Lipinski definition) is 2. The highest BCUT2D eigenvalue weighted by atomic mass is 32.1. The fraction of sp³-hybridized carbons (Fsp3) is 0.750. The molecule has 0 saturated carbocycles. The zero-order chi connectivity index (χ0) is 10.6. The molecule has 0 saturated heterocycles. The Hall–Kier alpha value is -0.370. The molecule has 0 amide bonds. The molecule has 1 nitrogen and oxygen atoms in total. The Morgan fingerprint density at radius 2 is 1.93 bits per heavy atom. The van der Waals surface area contributed by atoms with Crippen LogP contribution < -0.4 is 0 Å². The second-order valence-corrected chi connectivity index (χ2v) is 3.92. The van der Waals surface area contributed by atoms with E-state index >= 15 is 0 Å². The van der Waals surface area contributed by atoms with E-state index in [0.29, 0.717) is 5.05 Å². The predicted octanol–water partition coefficient (Wildman–Crippen LogP) is 4.61. The van der Waals surface area contributed by atoms with E-state index in [1.807, 2.05) is 0 Å². The molecule has 14 heavy (non-hydrogen) atoms. The summed E-state index contributed by atoms with van der Waals surface area (Å²) >= 11 is 5.00. The van der Waals surface area contributed by atoms with Gasteiger partial charge in [-0.15, -0.1) is 0 Å². The van der Waals surface area contributed by atoms with Crippen LogP contribution in [0.5, 0.6) is 0 Å². The molecule has 0 aliphatic carbocycles. The van der Waals surface area contributed by atoms with Crippen LogP contribution in [0, 0.1) is 0 Å². The number of ether oxygens (including phenoxy) is 1. The summed E-state index contributed by atoms with van der Waals surface area (Å²) in [6, 6.07) is 0. The van der Waals surface area contributed by atoms with Gasteiger partial charge in [0.25, 0.3) is 0 Å². The first-order valence-corrected chi connectivity index (χ1v) is 6.06. The minimum absolute atomic E-state index is 0.706. The molecule has 0 aromatic carbocycles. The maximum Gasteiger partial charge on any atom is 0.166 e. The van der Waals surface area contributed by atoms with Crippen molar-refractivity contribution in [1.29, 1.82) is 0 Å². The van der Waals surface area contributed by atoms with Crippen molar-refractivity contribution in [2.75, 3.05) is 0 Å². The van der Waals surface area contributed by atoms with Crippen LogP contribution in [0.25, 0.3) is 0 Å². The summed E-state index contributed by atoms with van der Waals surface area (Å²) < 4.78 is 5.24. The predicted molar refractivity (Wildman–Crippen MR) is 66.5 cm³/mol. The van der Waals surface area contributed by atoms with Gasteiger partial charge in [0, 0.05) is 6.42 Å². The molecule has 0 atom stereocenters. The summed E-state index contributed by atoms with van der Waals surface area (Å²) in [4.78, 5) is 0. The van der Waals surface area contributed by atoms with Crippen molar-refractivity contribution in [3.63, 3.8) is 0 Å². The van der Waals surface area contributed by atoms with E-state index in [4.69, 9.17) is 17.0 Å². The second-order valence-electron chi connectivity index (χ2n) is 3.46. The van der Waals surface area contributed by atoms with Crippen LogP contribution in [0.15, 0.2) is 12.3 Å². The van der Waals surface area contributed by atoms with Gasteiger partial charge in [-0.1, -0.05) is 33.1 Å². The van der Waals surface area contributed by atoms with Crippen molar-refractivity contribution < 1.29 is 4.74 Å². The number of hydrogen-bond donors (Lipinski definition) is 0. The van der Waals surface area contributed by atoms with Crippen molar-refractivity contribution in [3.05, 3.63) is 12.3 Å². The molecule has 0 fully saturated rings. The van der Waals surface area contributed by atoms with E-state index < -0.39 is 0 Å². The normalized spacial score (nSPS) is 10.7. The Labute approximate surface area is 93.5 Å². The van der Waals surface area contributed by atoms with Gasteiger partial charge in [-0.05, 0) is 37.6 Å². The van der Waals surface area contributed by atoms with Crippen LogP contribution >= 0.6 is 12.2 Å². The lowest BCUT2D eigenvalue weighted by Gasteiger charge is -1.99. The topological polar surface area (TPSA) is 9.23 Å². The molecule has 0 spiro atoms. The summed E-state index contributed by atoms with van der Waals surface area (Å²) in [6.07, 6.45) is 12.1. The molecule has 0 aliphatic rings. The Morgan fingerprint density at radius 3 is 2.57 bits per heavy atom. The number of unbranched alkanes of at least 4 members (excludes halogenated alkanes) is 4. The van der Waals surface area contributed by atoms with E-state index in [0.717, 1.165) is 19.3 Å². The van der Waals surface area contributed by atoms with Gasteiger partial charge >= 0.3 is 0 Å². The third-order valence-electron chi connectivity index (χ3n) is 1.97. The standard InChI is InChI=1S/C12H22OS/c1-3-5-6-7-8-9-11-13-12(14)10-4-2/h9,11H,3-8,10H2,1-2H3. The molecule has 0 aromatic heterocycles. The Balaban J connectivity index is 3.22. The minimum Gasteiger partial charge on any atom is -0.458 e. The van der Waals surface area contributed by atoms with Crippen LogP contribution in [0.2, 0.25) is 0 Å². The summed E-state index contributed by atoms with van der Waals surface area (Å²) in [6.45, 7) is 4.33. The first kappa shape index (κ1) is 13.6. The summed E-state index contributed by atoms with van der Waals surface area (Å²) in [5.41, 5.74) is 0. The highest BCUT2D eigenvalue weighted by Gasteiger charge is 1.91. The van der Waals surface area contributed by atoms with E-state index in [-0.39, 0.29) is 0 Å². The van der Waals surface area contributed by atoms with Crippen molar-refractivity contribution >= 4 is 17.3 Å². The molecule has 0 rings (SSSR count). The van der Waals surface area contributed by atoms with Gasteiger partial charge < -0.3 is 4.74 Å². The van der Waals surface area contributed by atoms with Gasteiger partial charge in [0.2, 0.25) is 0 Å². The zero-order valence-corrected chi connectivity index (χ0v) is 10.2. The van der Waals surface area contributed by atoms with Crippen molar-refractivity contribution in [3.8, 4) is 0 Å². The quantitative estimate of drug-likeness (QED) is 0.331. The van der Waals surface area contributed by atoms with Gasteiger partial charge in [-0.25, -0.2) is 0 Å². The van der Waals surface area contributed by atoms with Crippen molar-refractivity contribution in [2.45, 2.75) is 58.8 Å². The van der Waals surface area contributed by atoms with Crippen LogP contribution in [0.4, 0.5) is 0 Å². The average Bonchev–Trinajstić information content (AvgIpc) is 2.17. The third kappa shape index (κ3) is 9.72. The van der Waals surface area contributed by atoms with Crippen LogP contribution in [0.3, 0.4) is 0 Å². The molecular formula is C12H22OS. The lowest BCUT2D eigenvalue weighted by molar-refractivity contribution is 0.465. The fourth-order valence-corrected chi connectivity index (χ4v) is 1.40. The maximum absolute atomic E-state index is 5.24. The number of thiocarbonyl (C=S) groups is 1. The molecule has 2 heteroatoms. The molecular weight excluding hydrogens is 192 g/mol. The number of rotatable bonds is 8. The molecule has 0 N–H and O–H groups in total. The van der Waals surface area contributed by atoms with Crippen LogP contribution in [-0.2, 0) is 4.74 Å². The average molecular weight is 214 g/mol. The molecule has 0 unspecified atom stereocenters. The monoisotopic (exact) mass is 214 g/mol. The first-order valence-electron chi connectivity index (χ1n) is 5.65. The van der Waals surface area contributed by atoms with Crippen molar-refractivity contribution in [1.82, 2.24) is 0 Å². The lowest BCUT2D eigenvalue weighted by atomic mass is 10.1. The van der Waals surface area contributed by atoms with Crippen molar-refractivity contribution in [2.24, 2.45) is 0 Å². The summed E-state index contributed by atoms with van der Waals surface area (Å²) in [5.74, 6) is 0. The third-order valence-corrected chi connectivity index (χ3v) is 2.27. The fourth-order valence-electron chi connectivity index (χ4n) is 1.14. The van der Waals surface area contributed by atoms with Gasteiger partial charge in [-0.3, -0.25) is 0 Å². The molecule has 0 heterocycles. The summed E-state index contributed by atoms with van der Waals surface area (Å²) in [5, 5.41) is 0.706.